The Morgan fingerprint density at radius 1 is 0.822 bits per heavy atom. The van der Waals surface area contributed by atoms with Crippen molar-refractivity contribution in [1.29, 1.82) is 0 Å². The average molecular weight is 616 g/mol. The van der Waals surface area contributed by atoms with E-state index in [0.29, 0.717) is 29.8 Å². The maximum atomic E-state index is 13.2. The van der Waals surface area contributed by atoms with Gasteiger partial charge in [-0.25, -0.2) is 9.97 Å². The van der Waals surface area contributed by atoms with Gasteiger partial charge in [-0.15, -0.1) is 0 Å². The zero-order chi connectivity index (χ0) is 31.4. The molecule has 0 radical (unpaired) electrons. The van der Waals surface area contributed by atoms with Gasteiger partial charge in [-0.1, -0.05) is 24.3 Å². The first-order valence-corrected chi connectivity index (χ1v) is 15.7. The summed E-state index contributed by atoms with van der Waals surface area (Å²) >= 11 is 0. The number of anilines is 3. The SMILES string of the molecule is Cc1cc(Nc2ccc(CN(c3nccc(-c4ccc(C(F)(F)F)cc4)n3)C3CCN(C4CCN(C)CC4)CC3)cc2)ccn1. The molecule has 0 bridgehead atoms. The summed E-state index contributed by atoms with van der Waals surface area (Å²) < 4.78 is 39.5. The molecule has 236 valence electrons. The van der Waals surface area contributed by atoms with Crippen molar-refractivity contribution >= 4 is 17.3 Å². The van der Waals surface area contributed by atoms with Gasteiger partial charge in [-0.3, -0.25) is 4.98 Å². The van der Waals surface area contributed by atoms with Crippen LogP contribution in [-0.4, -0.2) is 70.1 Å². The van der Waals surface area contributed by atoms with Crippen molar-refractivity contribution in [3.63, 3.8) is 0 Å². The van der Waals surface area contributed by atoms with E-state index in [1.165, 1.54) is 25.0 Å². The molecule has 4 aromatic rings. The van der Waals surface area contributed by atoms with Crippen molar-refractivity contribution < 1.29 is 13.2 Å². The summed E-state index contributed by atoms with van der Waals surface area (Å²) in [4.78, 5) is 21.2. The van der Waals surface area contributed by atoms with Crippen LogP contribution in [0.2, 0.25) is 0 Å². The zero-order valence-corrected chi connectivity index (χ0v) is 25.8. The Labute approximate surface area is 263 Å². The molecule has 0 atom stereocenters. The highest BCUT2D eigenvalue weighted by Crippen LogP contribution is 2.32. The average Bonchev–Trinajstić information content (AvgIpc) is 3.05. The fourth-order valence-corrected chi connectivity index (χ4v) is 6.44. The maximum Gasteiger partial charge on any atom is 0.416 e. The first-order valence-electron chi connectivity index (χ1n) is 15.7. The van der Waals surface area contributed by atoms with Gasteiger partial charge in [0.2, 0.25) is 5.95 Å². The molecule has 0 unspecified atom stereocenters. The Balaban J connectivity index is 1.22. The van der Waals surface area contributed by atoms with E-state index in [-0.39, 0.29) is 6.04 Å². The molecule has 10 heteroatoms. The minimum atomic E-state index is -4.38. The molecule has 6 rings (SSSR count). The quantitative estimate of drug-likeness (QED) is 0.225. The number of nitrogens with zero attached hydrogens (tertiary/aromatic N) is 6. The van der Waals surface area contributed by atoms with Crippen LogP contribution >= 0.6 is 0 Å². The van der Waals surface area contributed by atoms with Crippen LogP contribution < -0.4 is 10.2 Å². The van der Waals surface area contributed by atoms with Crippen molar-refractivity contribution in [3.05, 3.63) is 95.9 Å². The Kier molecular flexibility index (Phi) is 9.32. The number of likely N-dealkylation sites (tertiary alicyclic amines) is 2. The van der Waals surface area contributed by atoms with Crippen molar-refractivity contribution in [2.45, 2.75) is 57.4 Å². The van der Waals surface area contributed by atoms with E-state index in [1.54, 1.807) is 18.5 Å². The molecular weight excluding hydrogens is 575 g/mol. The predicted octanol–water partition coefficient (Wildman–Crippen LogP) is 7.17. The number of piperidine rings is 2. The van der Waals surface area contributed by atoms with Crippen LogP contribution in [0.3, 0.4) is 0 Å². The Bertz CT molecular complexity index is 1540. The number of hydrogen-bond acceptors (Lipinski definition) is 7. The van der Waals surface area contributed by atoms with Crippen molar-refractivity contribution in [3.8, 4) is 11.3 Å². The lowest BCUT2D eigenvalue weighted by Gasteiger charge is -2.43. The third-order valence-electron chi connectivity index (χ3n) is 9.04. The summed E-state index contributed by atoms with van der Waals surface area (Å²) in [6.07, 6.45) is 3.55. The van der Waals surface area contributed by atoms with Gasteiger partial charge in [0, 0.05) is 66.7 Å². The third kappa shape index (κ3) is 7.80. The van der Waals surface area contributed by atoms with E-state index in [0.717, 1.165) is 73.8 Å². The number of rotatable bonds is 8. The number of alkyl halides is 3. The fourth-order valence-electron chi connectivity index (χ4n) is 6.44. The summed E-state index contributed by atoms with van der Waals surface area (Å²) in [6, 6.07) is 20.2. The summed E-state index contributed by atoms with van der Waals surface area (Å²) in [5, 5.41) is 3.44. The van der Waals surface area contributed by atoms with E-state index >= 15 is 0 Å². The molecule has 2 aromatic heterocycles. The van der Waals surface area contributed by atoms with Gasteiger partial charge in [0.05, 0.1) is 11.3 Å². The number of aromatic nitrogens is 3. The second-order valence-corrected chi connectivity index (χ2v) is 12.3. The maximum absolute atomic E-state index is 13.2. The van der Waals surface area contributed by atoms with Gasteiger partial charge in [0.15, 0.2) is 0 Å². The Hall–Kier alpha value is -4.02. The molecule has 2 aliphatic rings. The molecule has 7 nitrogen and oxygen atoms in total. The van der Waals surface area contributed by atoms with E-state index in [4.69, 9.17) is 4.98 Å². The number of hydrogen-bond donors (Lipinski definition) is 1. The summed E-state index contributed by atoms with van der Waals surface area (Å²) in [5.41, 5.74) is 4.63. The molecule has 2 aliphatic heterocycles. The van der Waals surface area contributed by atoms with Crippen LogP contribution in [-0.2, 0) is 12.7 Å². The molecule has 1 N–H and O–H groups in total. The lowest BCUT2D eigenvalue weighted by Crippen LogP contribution is -2.51. The zero-order valence-electron chi connectivity index (χ0n) is 25.8. The van der Waals surface area contributed by atoms with Crippen LogP contribution in [0.15, 0.2) is 79.1 Å². The third-order valence-corrected chi connectivity index (χ3v) is 9.04. The van der Waals surface area contributed by atoms with Gasteiger partial charge < -0.3 is 20.0 Å². The van der Waals surface area contributed by atoms with Gasteiger partial charge in [-0.2, -0.15) is 13.2 Å². The van der Waals surface area contributed by atoms with E-state index in [2.05, 4.69) is 61.3 Å². The normalized spacial score (nSPS) is 17.4. The van der Waals surface area contributed by atoms with Crippen LogP contribution in [0.4, 0.5) is 30.5 Å². The number of benzene rings is 2. The highest BCUT2D eigenvalue weighted by molar-refractivity contribution is 5.62. The minimum Gasteiger partial charge on any atom is -0.355 e. The first-order chi connectivity index (χ1) is 21.7. The second-order valence-electron chi connectivity index (χ2n) is 12.3. The van der Waals surface area contributed by atoms with Crippen molar-refractivity contribution in [2.24, 2.45) is 0 Å². The van der Waals surface area contributed by atoms with Crippen LogP contribution in [0.1, 0.15) is 42.5 Å². The molecular formula is C35H40F3N7. The summed E-state index contributed by atoms with van der Waals surface area (Å²) in [5.74, 6) is 0.597. The Morgan fingerprint density at radius 2 is 1.51 bits per heavy atom. The van der Waals surface area contributed by atoms with E-state index in [9.17, 15) is 13.2 Å². The van der Waals surface area contributed by atoms with Gasteiger partial charge in [0.1, 0.15) is 0 Å². The van der Waals surface area contributed by atoms with Crippen LogP contribution in [0, 0.1) is 6.92 Å². The van der Waals surface area contributed by atoms with Crippen LogP contribution in [0.5, 0.6) is 0 Å². The highest BCUT2D eigenvalue weighted by Gasteiger charge is 2.32. The number of aryl methyl sites for hydroxylation is 1. The Morgan fingerprint density at radius 3 is 2.18 bits per heavy atom. The van der Waals surface area contributed by atoms with Gasteiger partial charge in [-0.05, 0) is 101 Å². The molecule has 0 aliphatic carbocycles. The van der Waals surface area contributed by atoms with Crippen molar-refractivity contribution in [1.82, 2.24) is 24.8 Å². The largest absolute Gasteiger partial charge is 0.416 e. The molecule has 4 heterocycles. The summed E-state index contributed by atoms with van der Waals surface area (Å²) in [6.45, 7) is 6.95. The van der Waals surface area contributed by atoms with Crippen molar-refractivity contribution in [2.75, 3.05) is 43.4 Å². The predicted molar refractivity (Wildman–Crippen MR) is 172 cm³/mol. The fraction of sp³-hybridized carbons (Fsp3) is 0.400. The number of pyridine rings is 1. The summed E-state index contributed by atoms with van der Waals surface area (Å²) in [7, 11) is 2.20. The smallest absolute Gasteiger partial charge is 0.355 e. The molecule has 0 spiro atoms. The number of halogens is 3. The lowest BCUT2D eigenvalue weighted by molar-refractivity contribution is -0.137. The molecule has 2 fully saturated rings. The molecule has 0 amide bonds. The highest BCUT2D eigenvalue weighted by atomic mass is 19.4. The standard InChI is InChI=1S/C35H40F3N7/c1-25-23-30(11-17-39-25)41-29-9-3-26(4-10-29)24-45(32-15-21-44(22-16-32)31-13-19-43(2)20-14-31)34-40-18-12-33(42-34)27-5-7-28(8-6-27)35(36,37)38/h3-12,17-18,23,31-32H,13-16,19-22,24H2,1-2H3,(H,39,41). The molecule has 0 saturated carbocycles. The van der Waals surface area contributed by atoms with E-state index in [1.807, 2.05) is 19.1 Å². The second kappa shape index (κ2) is 13.5. The lowest BCUT2D eigenvalue weighted by atomic mass is 9.97. The van der Waals surface area contributed by atoms with Gasteiger partial charge in [0.25, 0.3) is 0 Å². The van der Waals surface area contributed by atoms with Gasteiger partial charge >= 0.3 is 6.18 Å². The number of nitrogens with one attached hydrogen (secondary N) is 1. The molecule has 45 heavy (non-hydrogen) atoms. The van der Waals surface area contributed by atoms with Crippen LogP contribution in [0.25, 0.3) is 11.3 Å². The monoisotopic (exact) mass is 615 g/mol. The topological polar surface area (TPSA) is 60.4 Å². The van der Waals surface area contributed by atoms with E-state index < -0.39 is 11.7 Å². The minimum absolute atomic E-state index is 0.243. The first kappa shape index (κ1) is 31.0. The molecule has 2 aromatic carbocycles. The molecule has 2 saturated heterocycles.